The monoisotopic (exact) mass is 599 g/mol. The molecule has 5 rings (SSSR count). The molecule has 3 aromatic rings. The van der Waals surface area contributed by atoms with E-state index >= 15 is 0 Å². The Kier molecular flexibility index (Phi) is 9.26. The molecular formula is C29H34ClN5O5S. The molecule has 1 amide bonds. The molecule has 0 bridgehead atoms. The number of benzene rings is 2. The first-order valence-electron chi connectivity index (χ1n) is 13.9. The molecule has 2 heterocycles. The third kappa shape index (κ3) is 6.74. The Hall–Kier alpha value is -3.41. The molecule has 218 valence electrons. The van der Waals surface area contributed by atoms with E-state index in [1.807, 2.05) is 6.92 Å². The van der Waals surface area contributed by atoms with Gasteiger partial charge in [-0.2, -0.15) is 4.98 Å². The van der Waals surface area contributed by atoms with Crippen LogP contribution >= 0.6 is 11.6 Å². The number of aromatic nitrogens is 2. The first-order valence-corrected chi connectivity index (χ1v) is 15.8. The van der Waals surface area contributed by atoms with Gasteiger partial charge in [0.2, 0.25) is 5.95 Å². The summed E-state index contributed by atoms with van der Waals surface area (Å²) < 4.78 is 38.2. The van der Waals surface area contributed by atoms with Crippen LogP contribution in [0.15, 0.2) is 53.6 Å². The van der Waals surface area contributed by atoms with Crippen molar-refractivity contribution in [3.05, 3.63) is 59.2 Å². The van der Waals surface area contributed by atoms with Crippen LogP contribution in [-0.2, 0) is 14.6 Å². The molecule has 1 aliphatic carbocycles. The van der Waals surface area contributed by atoms with Crippen molar-refractivity contribution < 1.29 is 22.7 Å². The van der Waals surface area contributed by atoms with E-state index in [2.05, 4.69) is 20.6 Å². The van der Waals surface area contributed by atoms with Gasteiger partial charge in [0, 0.05) is 18.7 Å². The molecule has 0 radical (unpaired) electrons. The van der Waals surface area contributed by atoms with Crippen LogP contribution in [-0.4, -0.2) is 67.4 Å². The normalized spacial score (nSPS) is 16.3. The number of nitrogens with one attached hydrogen (secondary N) is 2. The van der Waals surface area contributed by atoms with Crippen molar-refractivity contribution in [2.45, 2.75) is 49.2 Å². The predicted octanol–water partition coefficient (Wildman–Crippen LogP) is 5.59. The third-order valence-corrected chi connectivity index (χ3v) is 9.85. The van der Waals surface area contributed by atoms with E-state index in [-0.39, 0.29) is 27.6 Å². The van der Waals surface area contributed by atoms with Crippen LogP contribution in [0.4, 0.5) is 23.1 Å². The number of hydrogen-bond donors (Lipinski definition) is 2. The molecule has 0 spiro atoms. The Morgan fingerprint density at radius 3 is 2.59 bits per heavy atom. The fourth-order valence-electron chi connectivity index (χ4n) is 5.12. The molecule has 10 nitrogen and oxygen atoms in total. The number of carbonyl (C=O) groups excluding carboxylic acids is 1. The van der Waals surface area contributed by atoms with Gasteiger partial charge in [0.25, 0.3) is 5.91 Å². The number of halogens is 1. The second-order valence-electron chi connectivity index (χ2n) is 9.99. The van der Waals surface area contributed by atoms with Crippen molar-refractivity contribution in [2.24, 2.45) is 0 Å². The van der Waals surface area contributed by atoms with Crippen molar-refractivity contribution in [1.82, 2.24) is 14.9 Å². The predicted molar refractivity (Wildman–Crippen MR) is 158 cm³/mol. The molecule has 1 saturated heterocycles. The first-order chi connectivity index (χ1) is 19.9. The van der Waals surface area contributed by atoms with E-state index in [9.17, 15) is 13.2 Å². The average Bonchev–Trinajstić information content (AvgIpc) is 3.00. The first kappa shape index (κ1) is 29.1. The molecule has 2 aromatic carbocycles. The Morgan fingerprint density at radius 1 is 1.07 bits per heavy atom. The molecule has 1 saturated carbocycles. The zero-order valence-electron chi connectivity index (χ0n) is 22.9. The van der Waals surface area contributed by atoms with Gasteiger partial charge >= 0.3 is 0 Å². The van der Waals surface area contributed by atoms with Gasteiger partial charge < -0.3 is 25.0 Å². The average molecular weight is 600 g/mol. The van der Waals surface area contributed by atoms with Gasteiger partial charge in [0.1, 0.15) is 10.8 Å². The van der Waals surface area contributed by atoms with Gasteiger partial charge in [-0.1, -0.05) is 43.0 Å². The second kappa shape index (κ2) is 13.1. The zero-order chi connectivity index (χ0) is 28.8. The van der Waals surface area contributed by atoms with Crippen LogP contribution in [0, 0.1) is 0 Å². The SMILES string of the molecule is CCOc1cc(C(=O)N2CCOCC2)ccc1Nc1ncc(Cl)c(Nc2ccccc2S(=O)(=O)C2CCCCC2)n1. The minimum absolute atomic E-state index is 0.0862. The molecule has 12 heteroatoms. The summed E-state index contributed by atoms with van der Waals surface area (Å²) in [6.45, 7) is 4.38. The molecule has 0 unspecified atom stereocenters. The van der Waals surface area contributed by atoms with Gasteiger partial charge in [-0.25, -0.2) is 13.4 Å². The Labute approximate surface area is 245 Å². The lowest BCUT2D eigenvalue weighted by molar-refractivity contribution is 0.0302. The fourth-order valence-corrected chi connectivity index (χ4v) is 7.26. The molecule has 1 aliphatic heterocycles. The lowest BCUT2D eigenvalue weighted by Gasteiger charge is -2.27. The molecule has 2 aliphatic rings. The zero-order valence-corrected chi connectivity index (χ0v) is 24.5. The van der Waals surface area contributed by atoms with E-state index < -0.39 is 15.1 Å². The van der Waals surface area contributed by atoms with Crippen LogP contribution in [0.2, 0.25) is 5.02 Å². The largest absolute Gasteiger partial charge is 0.492 e. The Morgan fingerprint density at radius 2 is 1.83 bits per heavy atom. The van der Waals surface area contributed by atoms with E-state index in [1.165, 1.54) is 6.20 Å². The van der Waals surface area contributed by atoms with Gasteiger partial charge in [-0.3, -0.25) is 4.79 Å². The maximum absolute atomic E-state index is 13.5. The van der Waals surface area contributed by atoms with E-state index in [4.69, 9.17) is 21.1 Å². The standard InChI is InChI=1S/C29H34ClN5O5S/c1-2-40-25-18-20(28(36)35-14-16-39-17-15-35)12-13-23(25)33-29-31-19-22(30)27(34-29)32-24-10-6-7-11-26(24)41(37,38)21-8-4-3-5-9-21/h6-7,10-13,18-19,21H,2-5,8-9,14-17H2,1H3,(H2,31,32,33,34). The number of sulfone groups is 1. The molecule has 1 aromatic heterocycles. The topological polar surface area (TPSA) is 123 Å². The summed E-state index contributed by atoms with van der Waals surface area (Å²) in [6.07, 6.45) is 5.66. The van der Waals surface area contributed by atoms with Crippen LogP contribution < -0.4 is 15.4 Å². The highest BCUT2D eigenvalue weighted by atomic mass is 35.5. The van der Waals surface area contributed by atoms with Gasteiger partial charge in [-0.15, -0.1) is 0 Å². The molecule has 2 N–H and O–H groups in total. The summed E-state index contributed by atoms with van der Waals surface area (Å²) in [6, 6.07) is 12.0. The highest BCUT2D eigenvalue weighted by Crippen LogP contribution is 2.35. The lowest BCUT2D eigenvalue weighted by Crippen LogP contribution is -2.40. The number of morpholine rings is 1. The van der Waals surface area contributed by atoms with E-state index in [1.54, 1.807) is 47.4 Å². The van der Waals surface area contributed by atoms with Crippen molar-refractivity contribution in [3.8, 4) is 5.75 Å². The lowest BCUT2D eigenvalue weighted by atomic mass is 10.0. The van der Waals surface area contributed by atoms with Crippen molar-refractivity contribution >= 4 is 50.5 Å². The summed E-state index contributed by atoms with van der Waals surface area (Å²) in [7, 11) is -3.53. The summed E-state index contributed by atoms with van der Waals surface area (Å²) in [5, 5.41) is 6.10. The fraction of sp³-hybridized carbons (Fsp3) is 0.414. The van der Waals surface area contributed by atoms with Gasteiger partial charge in [-0.05, 0) is 50.1 Å². The molecule has 41 heavy (non-hydrogen) atoms. The summed E-state index contributed by atoms with van der Waals surface area (Å²) in [5.74, 6) is 0.866. The quantitative estimate of drug-likeness (QED) is 0.324. The van der Waals surface area contributed by atoms with Crippen LogP contribution in [0.25, 0.3) is 0 Å². The van der Waals surface area contributed by atoms with Crippen molar-refractivity contribution in [3.63, 3.8) is 0 Å². The van der Waals surface area contributed by atoms with Crippen molar-refractivity contribution in [2.75, 3.05) is 43.5 Å². The van der Waals surface area contributed by atoms with Crippen LogP contribution in [0.3, 0.4) is 0 Å². The molecule has 2 fully saturated rings. The maximum atomic E-state index is 13.5. The molecular weight excluding hydrogens is 566 g/mol. The molecule has 0 atom stereocenters. The van der Waals surface area contributed by atoms with E-state index in [0.29, 0.717) is 68.4 Å². The van der Waals surface area contributed by atoms with Crippen molar-refractivity contribution in [1.29, 1.82) is 0 Å². The minimum atomic E-state index is -3.53. The van der Waals surface area contributed by atoms with Crippen LogP contribution in [0.1, 0.15) is 49.4 Å². The number of anilines is 4. The summed E-state index contributed by atoms with van der Waals surface area (Å²) in [4.78, 5) is 23.8. The second-order valence-corrected chi connectivity index (χ2v) is 12.6. The minimum Gasteiger partial charge on any atom is -0.492 e. The number of rotatable bonds is 9. The number of ether oxygens (including phenoxy) is 2. The highest BCUT2D eigenvalue weighted by molar-refractivity contribution is 7.92. The Balaban J connectivity index is 1.38. The summed E-state index contributed by atoms with van der Waals surface area (Å²) >= 11 is 6.43. The van der Waals surface area contributed by atoms with Crippen LogP contribution in [0.5, 0.6) is 5.75 Å². The number of nitrogens with zero attached hydrogens (tertiary/aromatic N) is 3. The van der Waals surface area contributed by atoms with Gasteiger partial charge in [0.05, 0.1) is 47.5 Å². The highest BCUT2D eigenvalue weighted by Gasteiger charge is 2.31. The number of amides is 1. The Bertz CT molecular complexity index is 1490. The van der Waals surface area contributed by atoms with E-state index in [0.717, 1.165) is 19.3 Å². The maximum Gasteiger partial charge on any atom is 0.254 e. The number of hydrogen-bond acceptors (Lipinski definition) is 9. The number of para-hydroxylation sites is 1. The smallest absolute Gasteiger partial charge is 0.254 e. The number of carbonyl (C=O) groups is 1. The van der Waals surface area contributed by atoms with Gasteiger partial charge in [0.15, 0.2) is 15.7 Å². The third-order valence-electron chi connectivity index (χ3n) is 7.25. The summed E-state index contributed by atoms with van der Waals surface area (Å²) in [5.41, 5.74) is 1.49.